The minimum atomic E-state index is -2.06. The van der Waals surface area contributed by atoms with Crippen LogP contribution in [0.25, 0.3) is 0 Å². The first-order valence-corrected chi connectivity index (χ1v) is 28.9. The summed E-state index contributed by atoms with van der Waals surface area (Å²) in [5, 5.41) is 17.6. The summed E-state index contributed by atoms with van der Waals surface area (Å²) in [7, 11) is 0. The summed E-state index contributed by atoms with van der Waals surface area (Å²) in [5.74, 6) is -2.28. The average molecular weight is 1240 g/mol. The highest BCUT2D eigenvalue weighted by molar-refractivity contribution is 6.67. The van der Waals surface area contributed by atoms with E-state index in [0.29, 0.717) is 0 Å². The Morgan fingerprint density at radius 3 is 1.36 bits per heavy atom. The normalized spacial score (nSPS) is 27.7. The lowest BCUT2D eigenvalue weighted by Gasteiger charge is -2.51. The third kappa shape index (κ3) is 19.9. The second kappa shape index (κ2) is 32.3. The van der Waals surface area contributed by atoms with Crippen molar-refractivity contribution in [1.82, 2.24) is 10.6 Å². The van der Waals surface area contributed by atoms with Crippen molar-refractivity contribution in [2.75, 3.05) is 19.8 Å². The predicted octanol–water partition coefficient (Wildman–Crippen LogP) is 7.97. The van der Waals surface area contributed by atoms with Gasteiger partial charge in [-0.05, 0) is 34.7 Å². The van der Waals surface area contributed by atoms with Crippen molar-refractivity contribution in [2.24, 2.45) is 0 Å². The van der Waals surface area contributed by atoms with Gasteiger partial charge in [-0.3, -0.25) is 14.4 Å². The molecule has 3 heterocycles. The zero-order valence-electron chi connectivity index (χ0n) is 47.3. The van der Waals surface area contributed by atoms with E-state index < -0.39 is 126 Å². The number of hydrogen-bond acceptors (Lipinski definition) is 18. The van der Waals surface area contributed by atoms with Crippen LogP contribution >= 0.6 is 34.8 Å². The largest absolute Gasteiger partial charge is 0.456 e. The molecule has 0 spiro atoms. The van der Waals surface area contributed by atoms with Crippen molar-refractivity contribution in [3.05, 3.63) is 179 Å². The Bertz CT molecular complexity index is 2830. The number of carbonyl (C=O) groups excluding carboxylic acids is 4. The molecule has 15 atom stereocenters. The lowest BCUT2D eigenvalue weighted by atomic mass is 9.93. The number of alkyl halides is 3. The molecule has 0 radical (unpaired) electrons. The maximum atomic E-state index is 13.9. The van der Waals surface area contributed by atoms with E-state index >= 15 is 0 Å². The van der Waals surface area contributed by atoms with E-state index in [9.17, 15) is 24.3 Å². The molecular weight excluding hydrogens is 1170 g/mol. The summed E-state index contributed by atoms with van der Waals surface area (Å²) in [6.45, 7) is 4.40. The topological polar surface area (TPSA) is 233 Å². The number of benzene rings is 5. The first-order valence-electron chi connectivity index (χ1n) is 27.7. The molecule has 0 aromatic heterocycles. The summed E-state index contributed by atoms with van der Waals surface area (Å²) in [5.41, 5.74) is 4.13. The molecule has 5 aromatic rings. The lowest BCUT2D eigenvalue weighted by molar-refractivity contribution is -0.371. The average Bonchev–Trinajstić information content (AvgIpc) is 3.67. The Balaban J connectivity index is 1.23. The van der Waals surface area contributed by atoms with Crippen LogP contribution in [0.1, 0.15) is 55.5 Å². The van der Waals surface area contributed by atoms with Gasteiger partial charge in [-0.1, -0.05) is 186 Å². The minimum Gasteiger partial charge on any atom is -0.456 e. The summed E-state index contributed by atoms with van der Waals surface area (Å²) in [6.07, 6.45) is -18.6. The summed E-state index contributed by atoms with van der Waals surface area (Å²) < 4.78 is 82.4. The summed E-state index contributed by atoms with van der Waals surface area (Å²) >= 11 is 18.0. The lowest BCUT2D eigenvalue weighted by Crippen LogP contribution is -2.71. The Morgan fingerprint density at radius 2 is 0.906 bits per heavy atom. The number of nitrogens with one attached hydrogen (secondary N) is 2. The zero-order valence-corrected chi connectivity index (χ0v) is 49.5. The predicted molar refractivity (Wildman–Crippen MR) is 308 cm³/mol. The number of alkyl carbamates (subject to hydrolysis) is 1. The van der Waals surface area contributed by atoms with Crippen LogP contribution in [0.4, 0.5) is 4.79 Å². The number of amides is 2. The molecule has 5 aromatic carbocycles. The molecule has 3 fully saturated rings. The second-order valence-electron chi connectivity index (χ2n) is 20.5. The molecule has 0 bridgehead atoms. The molecule has 3 N–H and O–H groups in total. The van der Waals surface area contributed by atoms with Crippen LogP contribution in [0.15, 0.2) is 152 Å². The first kappa shape index (κ1) is 65.2. The first-order chi connectivity index (χ1) is 41.0. The van der Waals surface area contributed by atoms with Crippen molar-refractivity contribution in [2.45, 2.75) is 157 Å². The number of rotatable bonds is 26. The molecule has 0 unspecified atom stereocenters. The maximum absolute atomic E-state index is 13.9. The number of esters is 2. The van der Waals surface area contributed by atoms with Crippen LogP contribution in [0.5, 0.6) is 0 Å². The van der Waals surface area contributed by atoms with E-state index in [4.69, 9.17) is 96.4 Å². The van der Waals surface area contributed by atoms with Gasteiger partial charge < -0.3 is 77.3 Å². The third-order valence-corrected chi connectivity index (χ3v) is 14.2. The van der Waals surface area contributed by atoms with Gasteiger partial charge in [0, 0.05) is 20.8 Å². The number of carbonyl (C=O) groups is 4. The van der Waals surface area contributed by atoms with Gasteiger partial charge in [0.25, 0.3) is 0 Å². The van der Waals surface area contributed by atoms with Crippen molar-refractivity contribution in [1.29, 1.82) is 0 Å². The monoisotopic (exact) mass is 1240 g/mol. The van der Waals surface area contributed by atoms with Gasteiger partial charge >= 0.3 is 18.0 Å². The van der Waals surface area contributed by atoms with Crippen molar-refractivity contribution in [3.63, 3.8) is 0 Å². The van der Waals surface area contributed by atoms with E-state index in [0.717, 1.165) is 41.7 Å². The van der Waals surface area contributed by atoms with Crippen molar-refractivity contribution >= 4 is 58.7 Å². The Labute approximate surface area is 508 Å². The van der Waals surface area contributed by atoms with Crippen LogP contribution in [0.3, 0.4) is 0 Å². The molecule has 2 amide bonds. The number of ether oxygens (including phenoxy) is 13. The standard InChI is InChI=1S/C62H71Cl3N2O18/c1-38-51(75-32-44-24-14-7-15-25-44)56(76-33-45-26-16-8-17-27-45)57(77-34-46-28-18-9-19-29-46)60(79-38)85-54-49(66-39(2)68)58(71)82-47(35-73-30-42-20-10-5-11-21-42)53(54)84-59-50(67-61(72)78-37-62(63,64)65)55(81-41(4)70)52(80-40(3)69)48(83-59)36-74-31-43-22-12-6-13-23-43/h5-29,38,47-60,71H,30-37H2,1-4H3,(H,66,68)(H,67,72)/t38-,47+,48+,49+,50+,51+,52-,53+,54+,55+,56+,57-,58+,59-,60-/m0/s1. The van der Waals surface area contributed by atoms with E-state index in [1.54, 1.807) is 6.92 Å². The van der Waals surface area contributed by atoms with E-state index in [-0.39, 0.29) is 46.2 Å². The molecule has 3 aliphatic heterocycles. The summed E-state index contributed by atoms with van der Waals surface area (Å²) in [4.78, 5) is 53.5. The molecule has 85 heavy (non-hydrogen) atoms. The number of aliphatic hydroxyl groups is 1. The van der Waals surface area contributed by atoms with Gasteiger partial charge in [0.2, 0.25) is 9.70 Å². The molecule has 8 rings (SSSR count). The Morgan fingerprint density at radius 1 is 0.482 bits per heavy atom. The van der Waals surface area contributed by atoms with Crippen LogP contribution < -0.4 is 10.6 Å². The van der Waals surface area contributed by atoms with E-state index in [1.807, 2.05) is 152 Å². The molecule has 20 nitrogen and oxygen atoms in total. The molecule has 23 heteroatoms. The van der Waals surface area contributed by atoms with E-state index in [2.05, 4.69) is 10.6 Å². The summed E-state index contributed by atoms with van der Waals surface area (Å²) in [6, 6.07) is 43.9. The van der Waals surface area contributed by atoms with Crippen molar-refractivity contribution < 1.29 is 85.9 Å². The fourth-order valence-electron chi connectivity index (χ4n) is 10.1. The van der Waals surface area contributed by atoms with Gasteiger partial charge in [-0.2, -0.15) is 0 Å². The molecule has 3 saturated heterocycles. The van der Waals surface area contributed by atoms with Gasteiger partial charge in [0.05, 0.1) is 52.4 Å². The Hall–Kier alpha value is -5.79. The van der Waals surface area contributed by atoms with Gasteiger partial charge in [0.1, 0.15) is 61.4 Å². The molecule has 0 saturated carbocycles. The van der Waals surface area contributed by atoms with Crippen LogP contribution in [-0.2, 0) is 109 Å². The third-order valence-electron chi connectivity index (χ3n) is 13.9. The smallest absolute Gasteiger partial charge is 0.407 e. The van der Waals surface area contributed by atoms with Crippen LogP contribution in [-0.4, -0.2) is 145 Å². The van der Waals surface area contributed by atoms with Crippen LogP contribution in [0.2, 0.25) is 0 Å². The molecule has 458 valence electrons. The quantitative estimate of drug-likeness (QED) is 0.0271. The molecule has 0 aliphatic carbocycles. The van der Waals surface area contributed by atoms with Crippen molar-refractivity contribution in [3.8, 4) is 0 Å². The zero-order chi connectivity index (χ0) is 60.3. The Kier molecular flexibility index (Phi) is 24.7. The SMILES string of the molecule is CC(=O)N[C@@H]1[C@@H](O[C@@H]2O[C@@H](C)[C@@H](OCc3ccccc3)[C@@H](OCc3ccccc3)[C@@H]2OCc2ccccc2)[C@H](O[C@@H]2O[C@H](COCc3ccccc3)[C@H](OC(C)=O)[C@H](OC(C)=O)[C@H]2NC(=O)OCC(Cl)(Cl)Cl)[C@@H](COCc2ccccc2)O[C@H]1O. The highest BCUT2D eigenvalue weighted by Crippen LogP contribution is 2.38. The van der Waals surface area contributed by atoms with E-state index in [1.165, 1.54) is 6.92 Å². The second-order valence-corrected chi connectivity index (χ2v) is 23.1. The highest BCUT2D eigenvalue weighted by atomic mass is 35.6. The van der Waals surface area contributed by atoms with Crippen LogP contribution in [0, 0.1) is 0 Å². The molecular formula is C62H71Cl3N2O18. The maximum Gasteiger partial charge on any atom is 0.407 e. The number of aliphatic hydroxyl groups excluding tert-OH is 1. The fourth-order valence-corrected chi connectivity index (χ4v) is 10.3. The fraction of sp³-hybridized carbons (Fsp3) is 0.452. The minimum absolute atomic E-state index is 0.0352. The van der Waals surface area contributed by atoms with Gasteiger partial charge in [-0.15, -0.1) is 0 Å². The highest BCUT2D eigenvalue weighted by Gasteiger charge is 2.57. The van der Waals surface area contributed by atoms with Gasteiger partial charge in [-0.25, -0.2) is 4.79 Å². The number of hydrogen-bond donors (Lipinski definition) is 3. The molecule has 3 aliphatic rings. The van der Waals surface area contributed by atoms with Gasteiger partial charge in [0.15, 0.2) is 31.1 Å². The number of halogens is 3.